The number of carboxylic acid groups (broad SMARTS) is 1. The van der Waals surface area contributed by atoms with E-state index in [2.05, 4.69) is 6.92 Å². The van der Waals surface area contributed by atoms with E-state index in [0.29, 0.717) is 12.8 Å². The van der Waals surface area contributed by atoms with Crippen LogP contribution in [0.4, 0.5) is 0 Å². The second-order valence-corrected chi connectivity index (χ2v) is 8.35. The quantitative estimate of drug-likeness (QED) is 0.226. The van der Waals surface area contributed by atoms with E-state index in [4.69, 9.17) is 0 Å². The summed E-state index contributed by atoms with van der Waals surface area (Å²) in [6, 6.07) is -0.672. The minimum absolute atomic E-state index is 0.0319. The molecule has 28 heavy (non-hydrogen) atoms. The molecule has 166 valence electrons. The maximum absolute atomic E-state index is 12.2. The zero-order valence-electron chi connectivity index (χ0n) is 19.0. The van der Waals surface area contributed by atoms with E-state index in [1.165, 1.54) is 88.4 Å². The molecule has 0 aliphatic carbocycles. The Labute approximate surface area is 174 Å². The lowest BCUT2D eigenvalue weighted by atomic mass is 10.0. The number of hydrogen-bond acceptors (Lipinski definition) is 2. The lowest BCUT2D eigenvalue weighted by molar-refractivity contribution is -0.149. The van der Waals surface area contributed by atoms with Gasteiger partial charge in [0.25, 0.3) is 0 Å². The SMILES string of the molecule is CCCCCCCCCCCCCCCCCC(=O)N(C)C(CCC)C(=O)O. The van der Waals surface area contributed by atoms with Crippen LogP contribution >= 0.6 is 0 Å². The molecule has 0 aliphatic heterocycles. The fraction of sp³-hybridized carbons (Fsp3) is 0.917. The molecular weight excluding hydrogens is 350 g/mol. The van der Waals surface area contributed by atoms with Crippen LogP contribution in [0.2, 0.25) is 0 Å². The van der Waals surface area contributed by atoms with E-state index in [9.17, 15) is 14.7 Å². The minimum Gasteiger partial charge on any atom is -0.480 e. The summed E-state index contributed by atoms with van der Waals surface area (Å²) in [4.78, 5) is 24.8. The molecule has 0 saturated heterocycles. The van der Waals surface area contributed by atoms with Gasteiger partial charge in [-0.05, 0) is 12.8 Å². The number of hydrogen-bond donors (Lipinski definition) is 1. The van der Waals surface area contributed by atoms with Gasteiger partial charge >= 0.3 is 5.97 Å². The summed E-state index contributed by atoms with van der Waals surface area (Å²) in [5.41, 5.74) is 0. The summed E-state index contributed by atoms with van der Waals surface area (Å²) in [5.74, 6) is -0.926. The molecule has 0 saturated carbocycles. The Hall–Kier alpha value is -1.06. The second kappa shape index (κ2) is 19.3. The van der Waals surface area contributed by atoms with Crippen molar-refractivity contribution in [2.24, 2.45) is 0 Å². The molecule has 0 heterocycles. The molecule has 0 radical (unpaired) electrons. The molecule has 0 bridgehead atoms. The zero-order chi connectivity index (χ0) is 21.0. The number of unbranched alkanes of at least 4 members (excludes halogenated alkanes) is 14. The van der Waals surface area contributed by atoms with Crippen LogP contribution in [0, 0.1) is 0 Å². The minimum atomic E-state index is -0.894. The summed E-state index contributed by atoms with van der Waals surface area (Å²) in [6.07, 6.45) is 21.3. The third kappa shape index (κ3) is 14.9. The first-order valence-corrected chi connectivity index (χ1v) is 12.0. The summed E-state index contributed by atoms with van der Waals surface area (Å²) < 4.78 is 0. The van der Waals surface area contributed by atoms with Crippen LogP contribution in [0.1, 0.15) is 129 Å². The first-order chi connectivity index (χ1) is 13.5. The molecule has 1 N–H and O–H groups in total. The van der Waals surface area contributed by atoms with Gasteiger partial charge in [0.05, 0.1) is 0 Å². The van der Waals surface area contributed by atoms with E-state index in [1.807, 2.05) is 6.92 Å². The summed E-state index contributed by atoms with van der Waals surface area (Å²) in [6.45, 7) is 4.21. The fourth-order valence-corrected chi connectivity index (χ4v) is 3.75. The molecule has 1 atom stereocenters. The van der Waals surface area contributed by atoms with Gasteiger partial charge in [-0.3, -0.25) is 4.79 Å². The topological polar surface area (TPSA) is 57.6 Å². The standard InChI is InChI=1S/C24H47NO3/c1-4-6-7-8-9-10-11-12-13-14-15-16-17-18-19-21-23(26)25(3)22(20-5-2)24(27)28/h22H,4-21H2,1-3H3,(H,27,28). The second-order valence-electron chi connectivity index (χ2n) is 8.35. The van der Waals surface area contributed by atoms with Crippen molar-refractivity contribution in [1.29, 1.82) is 0 Å². The Balaban J connectivity index is 3.47. The number of rotatable bonds is 20. The zero-order valence-corrected chi connectivity index (χ0v) is 19.0. The summed E-state index contributed by atoms with van der Waals surface area (Å²) >= 11 is 0. The Bertz CT molecular complexity index is 384. The van der Waals surface area contributed by atoms with Gasteiger partial charge in [-0.2, -0.15) is 0 Å². The molecule has 0 aromatic rings. The van der Waals surface area contributed by atoms with Crippen molar-refractivity contribution in [3.8, 4) is 0 Å². The third-order valence-corrected chi connectivity index (χ3v) is 5.70. The molecule has 1 amide bonds. The van der Waals surface area contributed by atoms with Crippen molar-refractivity contribution < 1.29 is 14.7 Å². The first kappa shape index (κ1) is 26.9. The first-order valence-electron chi connectivity index (χ1n) is 12.0. The van der Waals surface area contributed by atoms with Crippen molar-refractivity contribution in [1.82, 2.24) is 4.90 Å². The van der Waals surface area contributed by atoms with E-state index in [1.54, 1.807) is 7.05 Å². The number of aliphatic carboxylic acids is 1. The van der Waals surface area contributed by atoms with Crippen LogP contribution in [-0.2, 0) is 9.59 Å². The molecule has 0 aromatic heterocycles. The number of carboxylic acids is 1. The average Bonchev–Trinajstić information content (AvgIpc) is 2.68. The normalized spacial score (nSPS) is 12.1. The number of carbonyl (C=O) groups excluding carboxylic acids is 1. The maximum atomic E-state index is 12.2. The molecule has 0 spiro atoms. The Morgan fingerprint density at radius 3 is 1.43 bits per heavy atom. The molecule has 0 rings (SSSR count). The summed E-state index contributed by atoms with van der Waals surface area (Å²) in [5, 5.41) is 9.23. The highest BCUT2D eigenvalue weighted by molar-refractivity contribution is 5.83. The van der Waals surface area contributed by atoms with Gasteiger partial charge in [0.1, 0.15) is 6.04 Å². The van der Waals surface area contributed by atoms with Crippen molar-refractivity contribution in [3.05, 3.63) is 0 Å². The van der Waals surface area contributed by atoms with Crippen LogP contribution in [0.25, 0.3) is 0 Å². The van der Waals surface area contributed by atoms with Crippen LogP contribution in [0.3, 0.4) is 0 Å². The Morgan fingerprint density at radius 2 is 1.07 bits per heavy atom. The van der Waals surface area contributed by atoms with Crippen molar-refractivity contribution in [2.75, 3.05) is 7.05 Å². The van der Waals surface area contributed by atoms with Crippen molar-refractivity contribution in [2.45, 2.75) is 135 Å². The van der Waals surface area contributed by atoms with Crippen LogP contribution < -0.4 is 0 Å². The molecule has 4 heteroatoms. The third-order valence-electron chi connectivity index (χ3n) is 5.70. The van der Waals surface area contributed by atoms with E-state index in [0.717, 1.165) is 19.3 Å². The highest BCUT2D eigenvalue weighted by Gasteiger charge is 2.24. The number of likely N-dealkylation sites (N-methyl/N-ethyl adjacent to an activating group) is 1. The highest BCUT2D eigenvalue weighted by atomic mass is 16.4. The molecule has 0 aliphatic rings. The van der Waals surface area contributed by atoms with Crippen molar-refractivity contribution >= 4 is 11.9 Å². The maximum Gasteiger partial charge on any atom is 0.326 e. The largest absolute Gasteiger partial charge is 0.480 e. The highest BCUT2D eigenvalue weighted by Crippen LogP contribution is 2.14. The van der Waals surface area contributed by atoms with Gasteiger partial charge in [-0.25, -0.2) is 4.79 Å². The van der Waals surface area contributed by atoms with E-state index < -0.39 is 12.0 Å². The van der Waals surface area contributed by atoms with E-state index >= 15 is 0 Å². The molecule has 0 aromatic carbocycles. The van der Waals surface area contributed by atoms with Gasteiger partial charge < -0.3 is 10.0 Å². The van der Waals surface area contributed by atoms with Crippen molar-refractivity contribution in [3.63, 3.8) is 0 Å². The van der Waals surface area contributed by atoms with Gasteiger partial charge in [-0.1, -0.05) is 110 Å². The number of amides is 1. The molecule has 4 nitrogen and oxygen atoms in total. The molecule has 0 fully saturated rings. The smallest absolute Gasteiger partial charge is 0.326 e. The monoisotopic (exact) mass is 397 g/mol. The van der Waals surface area contributed by atoms with Crippen LogP contribution in [0.15, 0.2) is 0 Å². The average molecular weight is 398 g/mol. The predicted octanol–water partition coefficient (Wildman–Crippen LogP) is 6.96. The van der Waals surface area contributed by atoms with Gasteiger partial charge in [0.2, 0.25) is 5.91 Å². The number of carbonyl (C=O) groups is 2. The van der Waals surface area contributed by atoms with Crippen LogP contribution in [-0.4, -0.2) is 35.0 Å². The molecule has 1 unspecified atom stereocenters. The lowest BCUT2D eigenvalue weighted by Gasteiger charge is -2.24. The Morgan fingerprint density at radius 1 is 0.679 bits per heavy atom. The number of nitrogens with zero attached hydrogens (tertiary/aromatic N) is 1. The van der Waals surface area contributed by atoms with Gasteiger partial charge in [-0.15, -0.1) is 0 Å². The van der Waals surface area contributed by atoms with E-state index in [-0.39, 0.29) is 5.91 Å². The lowest BCUT2D eigenvalue weighted by Crippen LogP contribution is -2.42. The summed E-state index contributed by atoms with van der Waals surface area (Å²) in [7, 11) is 1.63. The predicted molar refractivity (Wildman–Crippen MR) is 119 cm³/mol. The Kier molecular flexibility index (Phi) is 18.5. The van der Waals surface area contributed by atoms with Crippen LogP contribution in [0.5, 0.6) is 0 Å². The fourth-order valence-electron chi connectivity index (χ4n) is 3.75. The molecular formula is C24H47NO3. The van der Waals surface area contributed by atoms with Gasteiger partial charge in [0, 0.05) is 13.5 Å². The van der Waals surface area contributed by atoms with Gasteiger partial charge in [0.15, 0.2) is 0 Å².